The third kappa shape index (κ3) is 2.96. The Bertz CT molecular complexity index is 1310. The SMILES string of the molecule is Cc1ccc(C2Nc3ccc(S(=O)(=O)N4CCc5ccccc54)cc3C3C=CCC32)s1. The first-order chi connectivity index (χ1) is 15.0. The molecule has 3 unspecified atom stereocenters. The molecule has 4 nitrogen and oxygen atoms in total. The Kier molecular flexibility index (Phi) is 4.30. The second-order valence-electron chi connectivity index (χ2n) is 8.63. The smallest absolute Gasteiger partial charge is 0.264 e. The number of anilines is 2. The van der Waals surface area contributed by atoms with Crippen LogP contribution in [-0.2, 0) is 16.4 Å². The van der Waals surface area contributed by atoms with Crippen molar-refractivity contribution in [1.82, 2.24) is 0 Å². The van der Waals surface area contributed by atoms with Crippen molar-refractivity contribution in [3.63, 3.8) is 0 Å². The molecule has 0 fully saturated rings. The minimum atomic E-state index is -3.59. The summed E-state index contributed by atoms with van der Waals surface area (Å²) in [5.74, 6) is 0.653. The Morgan fingerprint density at radius 1 is 1.10 bits per heavy atom. The summed E-state index contributed by atoms with van der Waals surface area (Å²) >= 11 is 1.84. The molecule has 1 aliphatic carbocycles. The summed E-state index contributed by atoms with van der Waals surface area (Å²) < 4.78 is 28.7. The first-order valence-electron chi connectivity index (χ1n) is 10.8. The second kappa shape index (κ2) is 6.97. The highest BCUT2D eigenvalue weighted by atomic mass is 32.2. The lowest BCUT2D eigenvalue weighted by atomic mass is 9.79. The molecule has 1 aromatic heterocycles. The molecule has 6 rings (SSSR count). The number of allylic oxidation sites excluding steroid dienone is 2. The molecule has 0 bridgehead atoms. The molecule has 0 radical (unpaired) electrons. The maximum Gasteiger partial charge on any atom is 0.264 e. The largest absolute Gasteiger partial charge is 0.377 e. The zero-order chi connectivity index (χ0) is 21.2. The van der Waals surface area contributed by atoms with Gasteiger partial charge in [0, 0.05) is 27.9 Å². The van der Waals surface area contributed by atoms with E-state index in [2.05, 4.69) is 36.5 Å². The van der Waals surface area contributed by atoms with Gasteiger partial charge in [0.15, 0.2) is 0 Å². The third-order valence-electron chi connectivity index (χ3n) is 6.83. The Labute approximate surface area is 187 Å². The highest BCUT2D eigenvalue weighted by Gasteiger charge is 2.39. The summed E-state index contributed by atoms with van der Waals surface area (Å²) in [5, 5.41) is 3.72. The van der Waals surface area contributed by atoms with E-state index in [9.17, 15) is 8.42 Å². The number of fused-ring (bicyclic) bond motifs is 4. The number of para-hydroxylation sites is 1. The minimum absolute atomic E-state index is 0.240. The number of benzene rings is 2. The number of nitrogens with zero attached hydrogens (tertiary/aromatic N) is 1. The number of hydrogen-bond acceptors (Lipinski definition) is 4. The Morgan fingerprint density at radius 2 is 1.97 bits per heavy atom. The van der Waals surface area contributed by atoms with Crippen LogP contribution in [0.5, 0.6) is 0 Å². The van der Waals surface area contributed by atoms with Crippen LogP contribution < -0.4 is 9.62 Å². The number of nitrogens with one attached hydrogen (secondary N) is 1. The van der Waals surface area contributed by atoms with Gasteiger partial charge < -0.3 is 5.32 Å². The van der Waals surface area contributed by atoms with Gasteiger partial charge in [-0.05, 0) is 73.2 Å². The first-order valence-corrected chi connectivity index (χ1v) is 13.0. The van der Waals surface area contributed by atoms with Gasteiger partial charge in [0.2, 0.25) is 0 Å². The second-order valence-corrected chi connectivity index (χ2v) is 11.8. The fourth-order valence-electron chi connectivity index (χ4n) is 5.32. The van der Waals surface area contributed by atoms with Crippen molar-refractivity contribution >= 4 is 32.7 Å². The molecule has 0 spiro atoms. The number of rotatable bonds is 3. The van der Waals surface area contributed by atoms with Gasteiger partial charge in [-0.15, -0.1) is 11.3 Å². The Morgan fingerprint density at radius 3 is 2.81 bits per heavy atom. The van der Waals surface area contributed by atoms with Crippen molar-refractivity contribution in [2.24, 2.45) is 5.92 Å². The first kappa shape index (κ1) is 19.1. The van der Waals surface area contributed by atoms with Gasteiger partial charge in [-0.25, -0.2) is 8.42 Å². The highest BCUT2D eigenvalue weighted by molar-refractivity contribution is 7.92. The summed E-state index contributed by atoms with van der Waals surface area (Å²) in [6.45, 7) is 2.64. The van der Waals surface area contributed by atoms with Crippen LogP contribution in [0.3, 0.4) is 0 Å². The van der Waals surface area contributed by atoms with Gasteiger partial charge >= 0.3 is 0 Å². The van der Waals surface area contributed by atoms with Gasteiger partial charge in [-0.2, -0.15) is 0 Å². The van der Waals surface area contributed by atoms with E-state index in [1.165, 1.54) is 9.75 Å². The normalized spacial score (nSPS) is 23.9. The van der Waals surface area contributed by atoms with Gasteiger partial charge in [-0.3, -0.25) is 4.31 Å². The fourth-order valence-corrected chi connectivity index (χ4v) is 7.86. The van der Waals surface area contributed by atoms with Gasteiger partial charge in [0.25, 0.3) is 10.0 Å². The molecular formula is C25H24N2O2S2. The average molecular weight is 449 g/mol. The molecule has 1 N–H and O–H groups in total. The molecule has 6 heteroatoms. The Balaban J connectivity index is 1.39. The summed E-state index contributed by atoms with van der Waals surface area (Å²) in [6.07, 6.45) is 6.28. The van der Waals surface area contributed by atoms with Crippen LogP contribution in [0.25, 0.3) is 0 Å². The molecule has 31 heavy (non-hydrogen) atoms. The van der Waals surface area contributed by atoms with Crippen molar-refractivity contribution in [2.75, 3.05) is 16.2 Å². The molecule has 0 saturated heterocycles. The van der Waals surface area contributed by atoms with Gasteiger partial charge in [-0.1, -0.05) is 30.4 Å². The van der Waals surface area contributed by atoms with E-state index in [0.717, 1.165) is 35.3 Å². The predicted octanol–water partition coefficient (Wildman–Crippen LogP) is 5.63. The standard InChI is InChI=1S/C25H24N2O2S2/c1-16-9-12-24(30-16)25-20-7-4-6-19(20)21-15-18(10-11-22(21)26-25)31(28,29)27-14-13-17-5-2-3-8-23(17)27/h2-6,8-12,15,19-20,25-26H,7,13-14H2,1H3. The topological polar surface area (TPSA) is 49.4 Å². The van der Waals surface area contributed by atoms with Crippen LogP contribution in [0.2, 0.25) is 0 Å². The lowest BCUT2D eigenvalue weighted by molar-refractivity contribution is 0.429. The lowest BCUT2D eigenvalue weighted by Crippen LogP contribution is -2.31. The summed E-state index contributed by atoms with van der Waals surface area (Å²) in [7, 11) is -3.59. The van der Waals surface area contributed by atoms with E-state index in [-0.39, 0.29) is 12.0 Å². The van der Waals surface area contributed by atoms with Crippen LogP contribution >= 0.6 is 11.3 Å². The maximum atomic E-state index is 13.6. The molecule has 2 aromatic carbocycles. The molecular weight excluding hydrogens is 424 g/mol. The van der Waals surface area contributed by atoms with E-state index >= 15 is 0 Å². The molecule has 158 valence electrons. The number of aryl methyl sites for hydroxylation is 1. The number of hydrogen-bond donors (Lipinski definition) is 1. The molecule has 3 aliphatic rings. The van der Waals surface area contributed by atoms with Gasteiger partial charge in [0.05, 0.1) is 16.6 Å². The summed E-state index contributed by atoms with van der Waals surface area (Å²) in [5.41, 5.74) is 4.05. The quantitative estimate of drug-likeness (QED) is 0.528. The Hall–Kier alpha value is -2.57. The van der Waals surface area contributed by atoms with E-state index in [1.54, 1.807) is 10.4 Å². The zero-order valence-electron chi connectivity index (χ0n) is 17.3. The number of thiophene rings is 1. The van der Waals surface area contributed by atoms with Crippen molar-refractivity contribution in [2.45, 2.75) is 36.6 Å². The van der Waals surface area contributed by atoms with E-state index in [4.69, 9.17) is 0 Å². The molecule has 3 heterocycles. The molecule has 0 saturated carbocycles. The molecule has 3 aromatic rings. The van der Waals surface area contributed by atoms with E-state index < -0.39 is 10.0 Å². The predicted molar refractivity (Wildman–Crippen MR) is 127 cm³/mol. The average Bonchev–Trinajstić information content (AvgIpc) is 3.52. The highest BCUT2D eigenvalue weighted by Crippen LogP contribution is 2.51. The fraction of sp³-hybridized carbons (Fsp3) is 0.280. The van der Waals surface area contributed by atoms with Gasteiger partial charge in [0.1, 0.15) is 0 Å². The lowest BCUT2D eigenvalue weighted by Gasteiger charge is -2.37. The van der Waals surface area contributed by atoms with E-state index in [1.807, 2.05) is 47.7 Å². The molecule has 3 atom stereocenters. The molecule has 0 amide bonds. The van der Waals surface area contributed by atoms with Crippen LogP contribution in [0, 0.1) is 12.8 Å². The summed E-state index contributed by atoms with van der Waals surface area (Å²) in [6, 6.07) is 18.1. The van der Waals surface area contributed by atoms with Crippen LogP contribution in [0.15, 0.2) is 71.6 Å². The van der Waals surface area contributed by atoms with Crippen LogP contribution in [-0.4, -0.2) is 15.0 Å². The van der Waals surface area contributed by atoms with Crippen molar-refractivity contribution in [1.29, 1.82) is 0 Å². The monoisotopic (exact) mass is 448 g/mol. The maximum absolute atomic E-state index is 13.6. The summed E-state index contributed by atoms with van der Waals surface area (Å²) in [4.78, 5) is 3.05. The van der Waals surface area contributed by atoms with Crippen molar-refractivity contribution in [3.05, 3.63) is 87.6 Å². The zero-order valence-corrected chi connectivity index (χ0v) is 18.9. The van der Waals surface area contributed by atoms with Crippen LogP contribution in [0.4, 0.5) is 11.4 Å². The molecule has 2 aliphatic heterocycles. The number of sulfonamides is 1. The van der Waals surface area contributed by atoms with Crippen molar-refractivity contribution in [3.8, 4) is 0 Å². The minimum Gasteiger partial charge on any atom is -0.377 e. The van der Waals surface area contributed by atoms with Crippen LogP contribution in [0.1, 0.15) is 39.3 Å². The van der Waals surface area contributed by atoms with Crippen molar-refractivity contribution < 1.29 is 8.42 Å². The van der Waals surface area contributed by atoms with E-state index in [0.29, 0.717) is 17.4 Å². The third-order valence-corrected chi connectivity index (χ3v) is 9.73.